The third kappa shape index (κ3) is 3.69. The first kappa shape index (κ1) is 17.1. The molecule has 0 fully saturated rings. The minimum absolute atomic E-state index is 0.219. The summed E-state index contributed by atoms with van der Waals surface area (Å²) in [5.74, 6) is -0.219. The molecule has 0 aliphatic carbocycles. The fraction of sp³-hybridized carbons (Fsp3) is 0.158. The Bertz CT molecular complexity index is 1020. The van der Waals surface area contributed by atoms with Crippen molar-refractivity contribution in [3.63, 3.8) is 0 Å². The first-order valence-corrected chi connectivity index (χ1v) is 9.70. The lowest BCUT2D eigenvalue weighted by Crippen LogP contribution is -2.27. The Hall–Kier alpha value is -2.73. The highest BCUT2D eigenvalue weighted by molar-refractivity contribution is 7.90. The summed E-state index contributed by atoms with van der Waals surface area (Å²) < 4.78 is 23.0. The third-order valence-electron chi connectivity index (χ3n) is 4.03. The molecular formula is C19H18N2O3S. The molecule has 1 amide bonds. The summed E-state index contributed by atoms with van der Waals surface area (Å²) in [4.78, 5) is 17.2. The number of pyridine rings is 1. The van der Waals surface area contributed by atoms with Gasteiger partial charge < -0.3 is 5.32 Å². The van der Waals surface area contributed by atoms with Crippen molar-refractivity contribution in [1.29, 1.82) is 0 Å². The van der Waals surface area contributed by atoms with Gasteiger partial charge in [0.1, 0.15) is 0 Å². The van der Waals surface area contributed by atoms with Gasteiger partial charge in [-0.1, -0.05) is 30.3 Å². The number of para-hydroxylation sites is 1. The van der Waals surface area contributed by atoms with Gasteiger partial charge >= 0.3 is 0 Å². The number of benzene rings is 2. The van der Waals surface area contributed by atoms with Crippen molar-refractivity contribution < 1.29 is 13.2 Å². The van der Waals surface area contributed by atoms with Crippen molar-refractivity contribution in [3.05, 3.63) is 71.9 Å². The van der Waals surface area contributed by atoms with Crippen LogP contribution in [0.25, 0.3) is 10.9 Å². The second kappa shape index (κ2) is 6.64. The monoisotopic (exact) mass is 354 g/mol. The normalized spacial score (nSPS) is 12.7. The van der Waals surface area contributed by atoms with Crippen molar-refractivity contribution in [1.82, 2.24) is 10.3 Å². The summed E-state index contributed by atoms with van der Waals surface area (Å²) >= 11 is 0. The van der Waals surface area contributed by atoms with E-state index in [4.69, 9.17) is 0 Å². The largest absolute Gasteiger partial charge is 0.345 e. The molecule has 0 aliphatic rings. The Morgan fingerprint density at radius 3 is 2.40 bits per heavy atom. The van der Waals surface area contributed by atoms with E-state index >= 15 is 0 Å². The van der Waals surface area contributed by atoms with Gasteiger partial charge in [0.05, 0.1) is 22.0 Å². The maximum atomic E-state index is 12.6. The van der Waals surface area contributed by atoms with Crippen LogP contribution in [-0.2, 0) is 9.84 Å². The topological polar surface area (TPSA) is 76.1 Å². The molecule has 25 heavy (non-hydrogen) atoms. The zero-order valence-corrected chi connectivity index (χ0v) is 14.7. The minimum atomic E-state index is -3.23. The molecule has 3 aromatic rings. The first-order valence-electron chi connectivity index (χ1n) is 7.81. The number of hydrogen-bond donors (Lipinski definition) is 1. The van der Waals surface area contributed by atoms with Crippen LogP contribution in [0.3, 0.4) is 0 Å². The SMILES string of the molecule is CC(NC(=O)c1cccc2cccnc12)c1ccc(S(C)(=O)=O)cc1. The van der Waals surface area contributed by atoms with Crippen molar-refractivity contribution in [3.8, 4) is 0 Å². The summed E-state index contributed by atoms with van der Waals surface area (Å²) in [6.45, 7) is 1.85. The molecule has 0 aliphatic heterocycles. The predicted molar refractivity (Wildman–Crippen MR) is 97.2 cm³/mol. The highest BCUT2D eigenvalue weighted by Crippen LogP contribution is 2.19. The number of nitrogens with one attached hydrogen (secondary N) is 1. The van der Waals surface area contributed by atoms with E-state index in [0.29, 0.717) is 11.1 Å². The van der Waals surface area contributed by atoms with Crippen LogP contribution in [0.1, 0.15) is 28.9 Å². The molecule has 2 aromatic carbocycles. The van der Waals surface area contributed by atoms with Crippen LogP contribution in [0.15, 0.2) is 65.7 Å². The lowest BCUT2D eigenvalue weighted by molar-refractivity contribution is 0.0941. The number of carbonyl (C=O) groups excluding carboxylic acids is 1. The third-order valence-corrected chi connectivity index (χ3v) is 5.16. The van der Waals surface area contributed by atoms with Crippen molar-refractivity contribution in [2.75, 3.05) is 6.26 Å². The maximum Gasteiger partial charge on any atom is 0.253 e. The fourth-order valence-corrected chi connectivity index (χ4v) is 3.28. The lowest BCUT2D eigenvalue weighted by atomic mass is 10.1. The van der Waals surface area contributed by atoms with Gasteiger partial charge in [0.15, 0.2) is 9.84 Å². The van der Waals surface area contributed by atoms with E-state index in [2.05, 4.69) is 10.3 Å². The maximum absolute atomic E-state index is 12.6. The van der Waals surface area contributed by atoms with Crippen molar-refractivity contribution in [2.24, 2.45) is 0 Å². The van der Waals surface area contributed by atoms with Gasteiger partial charge in [-0.2, -0.15) is 0 Å². The van der Waals surface area contributed by atoms with Gasteiger partial charge in [-0.3, -0.25) is 9.78 Å². The van der Waals surface area contributed by atoms with Gasteiger partial charge in [-0.25, -0.2) is 8.42 Å². The van der Waals surface area contributed by atoms with Crippen molar-refractivity contribution in [2.45, 2.75) is 17.9 Å². The van der Waals surface area contributed by atoms with E-state index in [1.807, 2.05) is 31.2 Å². The van der Waals surface area contributed by atoms with Crippen LogP contribution in [0.4, 0.5) is 0 Å². The number of fused-ring (bicyclic) bond motifs is 1. The average molecular weight is 354 g/mol. The van der Waals surface area contributed by atoms with Gasteiger partial charge in [-0.15, -0.1) is 0 Å². The van der Waals surface area contributed by atoms with Gasteiger partial charge in [0, 0.05) is 17.8 Å². The number of nitrogens with zero attached hydrogens (tertiary/aromatic N) is 1. The Labute approximate surface area is 146 Å². The molecule has 1 aromatic heterocycles. The standard InChI is InChI=1S/C19H18N2O3S/c1-13(14-8-10-16(11-9-14)25(2,23)24)21-19(22)17-7-3-5-15-6-4-12-20-18(15)17/h3-13H,1-2H3,(H,21,22). The summed E-state index contributed by atoms with van der Waals surface area (Å²) in [6.07, 6.45) is 2.83. The molecular weight excluding hydrogens is 336 g/mol. The van der Waals surface area contributed by atoms with Gasteiger partial charge in [0.25, 0.3) is 5.91 Å². The molecule has 6 heteroatoms. The second-order valence-corrected chi connectivity index (χ2v) is 7.93. The first-order chi connectivity index (χ1) is 11.9. The molecule has 1 heterocycles. The number of carbonyl (C=O) groups is 1. The van der Waals surface area contributed by atoms with Crippen molar-refractivity contribution >= 4 is 26.6 Å². The van der Waals surface area contributed by atoms with Crippen LogP contribution in [0.5, 0.6) is 0 Å². The van der Waals surface area contributed by atoms with E-state index in [9.17, 15) is 13.2 Å². The van der Waals surface area contributed by atoms with Crippen LogP contribution < -0.4 is 5.32 Å². The number of amides is 1. The highest BCUT2D eigenvalue weighted by Gasteiger charge is 2.15. The molecule has 0 saturated heterocycles. The quantitative estimate of drug-likeness (QED) is 0.781. The summed E-state index contributed by atoms with van der Waals surface area (Å²) in [6, 6.07) is 15.5. The Balaban J connectivity index is 1.82. The van der Waals surface area contributed by atoms with Gasteiger partial charge in [0.2, 0.25) is 0 Å². The Kier molecular flexibility index (Phi) is 4.55. The highest BCUT2D eigenvalue weighted by atomic mass is 32.2. The van der Waals surface area contributed by atoms with E-state index in [-0.39, 0.29) is 16.8 Å². The molecule has 128 valence electrons. The molecule has 0 saturated carbocycles. The smallest absolute Gasteiger partial charge is 0.253 e. The molecule has 1 atom stereocenters. The fourth-order valence-electron chi connectivity index (χ4n) is 2.65. The summed E-state index contributed by atoms with van der Waals surface area (Å²) in [7, 11) is -3.23. The zero-order valence-electron chi connectivity index (χ0n) is 13.9. The molecule has 0 bridgehead atoms. The molecule has 1 unspecified atom stereocenters. The van der Waals surface area contributed by atoms with E-state index in [0.717, 1.165) is 10.9 Å². The van der Waals surface area contributed by atoms with Crippen LogP contribution in [0, 0.1) is 0 Å². The predicted octanol–water partition coefficient (Wildman–Crippen LogP) is 3.13. The molecule has 0 radical (unpaired) electrons. The van der Waals surface area contributed by atoms with E-state index in [1.165, 1.54) is 6.26 Å². The van der Waals surface area contributed by atoms with Gasteiger partial charge in [-0.05, 0) is 36.8 Å². The van der Waals surface area contributed by atoms with E-state index in [1.54, 1.807) is 36.5 Å². The zero-order chi connectivity index (χ0) is 18.0. The van der Waals surface area contributed by atoms with E-state index < -0.39 is 9.84 Å². The second-order valence-electron chi connectivity index (χ2n) is 5.92. The molecule has 0 spiro atoms. The van der Waals surface area contributed by atoms with Crippen LogP contribution in [0.2, 0.25) is 0 Å². The average Bonchev–Trinajstić information content (AvgIpc) is 2.60. The number of sulfone groups is 1. The summed E-state index contributed by atoms with van der Waals surface area (Å²) in [5, 5.41) is 3.84. The van der Waals surface area contributed by atoms with Crippen LogP contribution in [-0.4, -0.2) is 25.6 Å². The molecule has 3 rings (SSSR count). The molecule has 1 N–H and O–H groups in total. The Morgan fingerprint density at radius 1 is 1.04 bits per heavy atom. The number of hydrogen-bond acceptors (Lipinski definition) is 4. The number of aromatic nitrogens is 1. The minimum Gasteiger partial charge on any atom is -0.345 e. The number of rotatable bonds is 4. The Morgan fingerprint density at radius 2 is 1.72 bits per heavy atom. The lowest BCUT2D eigenvalue weighted by Gasteiger charge is -2.15. The van der Waals surface area contributed by atoms with Crippen LogP contribution >= 0.6 is 0 Å². The summed E-state index contributed by atoms with van der Waals surface area (Å²) in [5.41, 5.74) is 1.99. The molecule has 5 nitrogen and oxygen atoms in total.